The van der Waals surface area contributed by atoms with Crippen molar-refractivity contribution >= 4 is 23.4 Å². The van der Waals surface area contributed by atoms with Crippen LogP contribution in [0.4, 0.5) is 17.5 Å². The van der Waals surface area contributed by atoms with Crippen molar-refractivity contribution in [2.24, 2.45) is 17.6 Å². The molecule has 0 spiro atoms. The number of hydrogen-bond acceptors (Lipinski definition) is 7. The third kappa shape index (κ3) is 4.50. The van der Waals surface area contributed by atoms with E-state index in [1.807, 2.05) is 0 Å². The van der Waals surface area contributed by atoms with Gasteiger partial charge in [0.15, 0.2) is 5.82 Å². The lowest BCUT2D eigenvalue weighted by molar-refractivity contribution is -0.122. The van der Waals surface area contributed by atoms with Crippen molar-refractivity contribution in [3.63, 3.8) is 0 Å². The molecule has 3 rings (SSSR count). The van der Waals surface area contributed by atoms with E-state index in [-0.39, 0.29) is 17.9 Å². The standard InChI is InChI=1S/C17H28N6O2/c1-10-9-25-7-6-14(10)22-17-20-8-13(18)16(23-17)21-12-4-2-11(3-5-12)15(19)24/h8,10-12,14H,2-7,9,18H2,1H3,(H2,19,24)(H2,20,21,22,23)/t10-,11?,12?,14-/m1/s1. The molecule has 0 radical (unpaired) electrons. The molecule has 0 aromatic carbocycles. The van der Waals surface area contributed by atoms with Gasteiger partial charge in [-0.15, -0.1) is 0 Å². The lowest BCUT2D eigenvalue weighted by Crippen LogP contribution is -2.36. The molecule has 1 aromatic rings. The minimum atomic E-state index is -0.197. The molecule has 2 heterocycles. The van der Waals surface area contributed by atoms with Gasteiger partial charge in [-0.3, -0.25) is 4.79 Å². The van der Waals surface area contributed by atoms with Crippen LogP contribution in [0.5, 0.6) is 0 Å². The molecular weight excluding hydrogens is 320 g/mol. The first-order valence-corrected chi connectivity index (χ1v) is 9.05. The number of aromatic nitrogens is 2. The number of hydrogen-bond donors (Lipinski definition) is 4. The summed E-state index contributed by atoms with van der Waals surface area (Å²) >= 11 is 0. The number of nitrogen functional groups attached to an aromatic ring is 1. The van der Waals surface area contributed by atoms with Gasteiger partial charge in [0.05, 0.1) is 18.5 Å². The first-order valence-electron chi connectivity index (χ1n) is 9.05. The van der Waals surface area contributed by atoms with E-state index in [2.05, 4.69) is 27.5 Å². The van der Waals surface area contributed by atoms with Crippen LogP contribution >= 0.6 is 0 Å². The summed E-state index contributed by atoms with van der Waals surface area (Å²) in [6.45, 7) is 3.66. The fourth-order valence-electron chi connectivity index (χ4n) is 3.55. The number of carbonyl (C=O) groups excluding carboxylic acids is 1. The minimum absolute atomic E-state index is 0.00645. The van der Waals surface area contributed by atoms with Crippen LogP contribution in [0.1, 0.15) is 39.0 Å². The lowest BCUT2D eigenvalue weighted by atomic mass is 9.85. The maximum Gasteiger partial charge on any atom is 0.224 e. The second-order valence-corrected chi connectivity index (χ2v) is 7.18. The van der Waals surface area contributed by atoms with Crippen LogP contribution in [0.3, 0.4) is 0 Å². The Morgan fingerprint density at radius 1 is 1.24 bits per heavy atom. The Hall–Kier alpha value is -2.09. The van der Waals surface area contributed by atoms with E-state index in [9.17, 15) is 4.79 Å². The van der Waals surface area contributed by atoms with Gasteiger partial charge in [-0.25, -0.2) is 4.98 Å². The van der Waals surface area contributed by atoms with Crippen molar-refractivity contribution < 1.29 is 9.53 Å². The molecule has 25 heavy (non-hydrogen) atoms. The van der Waals surface area contributed by atoms with E-state index >= 15 is 0 Å². The molecule has 1 amide bonds. The van der Waals surface area contributed by atoms with E-state index in [0.29, 0.717) is 29.4 Å². The first kappa shape index (κ1) is 17.7. The molecule has 0 bridgehead atoms. The predicted octanol–water partition coefficient (Wildman–Crippen LogP) is 1.35. The number of ether oxygens (including phenoxy) is 1. The summed E-state index contributed by atoms with van der Waals surface area (Å²) in [5, 5.41) is 6.80. The zero-order valence-corrected chi connectivity index (χ0v) is 14.7. The molecular formula is C17H28N6O2. The number of amides is 1. The maximum atomic E-state index is 11.3. The van der Waals surface area contributed by atoms with E-state index in [4.69, 9.17) is 16.2 Å². The van der Waals surface area contributed by atoms with Crippen molar-refractivity contribution in [3.8, 4) is 0 Å². The number of nitrogens with two attached hydrogens (primary N) is 2. The van der Waals surface area contributed by atoms with Crippen LogP contribution in [0.2, 0.25) is 0 Å². The van der Waals surface area contributed by atoms with Gasteiger partial charge >= 0.3 is 0 Å². The van der Waals surface area contributed by atoms with Crippen LogP contribution < -0.4 is 22.1 Å². The zero-order chi connectivity index (χ0) is 17.8. The van der Waals surface area contributed by atoms with Gasteiger partial charge < -0.3 is 26.8 Å². The number of nitrogens with one attached hydrogen (secondary N) is 2. The Kier molecular flexibility index (Phi) is 5.57. The first-order chi connectivity index (χ1) is 12.0. The van der Waals surface area contributed by atoms with Crippen molar-refractivity contribution in [1.29, 1.82) is 0 Å². The molecule has 2 atom stereocenters. The van der Waals surface area contributed by atoms with Gasteiger partial charge in [-0.2, -0.15) is 4.98 Å². The van der Waals surface area contributed by atoms with E-state index in [0.717, 1.165) is 45.3 Å². The molecule has 2 aliphatic rings. The Morgan fingerprint density at radius 2 is 2.00 bits per heavy atom. The lowest BCUT2D eigenvalue weighted by Gasteiger charge is -2.30. The molecule has 1 aromatic heterocycles. The molecule has 1 saturated carbocycles. The van der Waals surface area contributed by atoms with Gasteiger partial charge in [-0.1, -0.05) is 6.92 Å². The summed E-state index contributed by atoms with van der Waals surface area (Å²) < 4.78 is 5.47. The van der Waals surface area contributed by atoms with E-state index < -0.39 is 0 Å². The van der Waals surface area contributed by atoms with Crippen molar-refractivity contribution in [2.75, 3.05) is 29.6 Å². The Balaban J connectivity index is 1.61. The van der Waals surface area contributed by atoms with Gasteiger partial charge in [0.25, 0.3) is 0 Å². The second-order valence-electron chi connectivity index (χ2n) is 7.18. The number of anilines is 3. The monoisotopic (exact) mass is 348 g/mol. The number of rotatable bonds is 5. The van der Waals surface area contributed by atoms with Crippen molar-refractivity contribution in [1.82, 2.24) is 9.97 Å². The van der Waals surface area contributed by atoms with Crippen LogP contribution in [0.15, 0.2) is 6.20 Å². The third-order valence-corrected chi connectivity index (χ3v) is 5.24. The average molecular weight is 348 g/mol. The molecule has 1 saturated heterocycles. The molecule has 138 valence electrons. The van der Waals surface area contributed by atoms with Gasteiger partial charge in [0, 0.05) is 24.6 Å². The fraction of sp³-hybridized carbons (Fsp3) is 0.706. The number of primary amides is 1. The quantitative estimate of drug-likeness (QED) is 0.632. The highest BCUT2D eigenvalue weighted by molar-refractivity contribution is 5.76. The summed E-state index contributed by atoms with van der Waals surface area (Å²) in [4.78, 5) is 20.1. The van der Waals surface area contributed by atoms with Gasteiger partial charge in [0.2, 0.25) is 11.9 Å². The number of carbonyl (C=O) groups is 1. The average Bonchev–Trinajstić information content (AvgIpc) is 2.60. The highest BCUT2D eigenvalue weighted by atomic mass is 16.5. The molecule has 8 nitrogen and oxygen atoms in total. The summed E-state index contributed by atoms with van der Waals surface area (Å²) in [5.74, 6) is 1.45. The SMILES string of the molecule is C[C@@H]1COCC[C@H]1Nc1ncc(N)c(NC2CCC(C(N)=O)CC2)n1. The van der Waals surface area contributed by atoms with Crippen molar-refractivity contribution in [2.45, 2.75) is 51.1 Å². The smallest absolute Gasteiger partial charge is 0.224 e. The predicted molar refractivity (Wildman–Crippen MR) is 97.0 cm³/mol. The highest BCUT2D eigenvalue weighted by Crippen LogP contribution is 2.28. The summed E-state index contributed by atoms with van der Waals surface area (Å²) in [6.07, 6.45) is 5.96. The topological polar surface area (TPSA) is 128 Å². The summed E-state index contributed by atoms with van der Waals surface area (Å²) in [7, 11) is 0. The van der Waals surface area contributed by atoms with Crippen LogP contribution in [0, 0.1) is 11.8 Å². The maximum absolute atomic E-state index is 11.3. The Bertz CT molecular complexity index is 603. The molecule has 8 heteroatoms. The second kappa shape index (κ2) is 7.86. The van der Waals surface area contributed by atoms with E-state index in [1.165, 1.54) is 0 Å². The highest BCUT2D eigenvalue weighted by Gasteiger charge is 2.26. The normalized spacial score (nSPS) is 29.8. The Morgan fingerprint density at radius 3 is 2.68 bits per heavy atom. The zero-order valence-electron chi connectivity index (χ0n) is 14.7. The van der Waals surface area contributed by atoms with Crippen LogP contribution in [0.25, 0.3) is 0 Å². The fourth-order valence-corrected chi connectivity index (χ4v) is 3.55. The molecule has 1 aliphatic heterocycles. The van der Waals surface area contributed by atoms with Gasteiger partial charge in [0.1, 0.15) is 0 Å². The van der Waals surface area contributed by atoms with Crippen LogP contribution in [-0.4, -0.2) is 41.2 Å². The molecule has 2 fully saturated rings. The van der Waals surface area contributed by atoms with Crippen LogP contribution in [-0.2, 0) is 9.53 Å². The summed E-state index contributed by atoms with van der Waals surface area (Å²) in [5.41, 5.74) is 12.0. The minimum Gasteiger partial charge on any atom is -0.394 e. The largest absolute Gasteiger partial charge is 0.394 e. The molecule has 1 aliphatic carbocycles. The summed E-state index contributed by atoms with van der Waals surface area (Å²) in [6, 6.07) is 0.555. The molecule has 6 N–H and O–H groups in total. The van der Waals surface area contributed by atoms with E-state index in [1.54, 1.807) is 6.20 Å². The van der Waals surface area contributed by atoms with Crippen molar-refractivity contribution in [3.05, 3.63) is 6.20 Å². The molecule has 0 unspecified atom stereocenters. The Labute approximate surface area is 148 Å². The third-order valence-electron chi connectivity index (χ3n) is 5.24. The van der Waals surface area contributed by atoms with Gasteiger partial charge in [-0.05, 0) is 38.0 Å². The number of nitrogens with zero attached hydrogens (tertiary/aromatic N) is 2.